The van der Waals surface area contributed by atoms with Crippen LogP contribution in [0.5, 0.6) is 11.5 Å². The molecule has 1 saturated heterocycles. The third kappa shape index (κ3) is 2.57. The van der Waals surface area contributed by atoms with Gasteiger partial charge in [-0.2, -0.15) is 0 Å². The summed E-state index contributed by atoms with van der Waals surface area (Å²) in [5.74, 6) is 0.237. The highest BCUT2D eigenvalue weighted by Gasteiger charge is 2.42. The average Bonchev–Trinajstić information content (AvgIpc) is 2.61. The highest BCUT2D eigenvalue weighted by molar-refractivity contribution is 5.46. The smallest absolute Gasteiger partial charge is 0.488 e. The fourth-order valence-electron chi connectivity index (χ4n) is 2.91. The van der Waals surface area contributed by atoms with E-state index in [9.17, 15) is 13.2 Å². The first-order valence-corrected chi connectivity index (χ1v) is 6.53. The summed E-state index contributed by atoms with van der Waals surface area (Å²) in [5, 5.41) is 3.41. The largest absolute Gasteiger partial charge is 0.573 e. The standard InChI is InChI=1S/C14H16F3NO2/c1-13(2)6-11-12(18-7-13)9-4-3-8(5-10(9)19-11)20-14(15,16)17/h3-5,11-12,18H,6-7H2,1-2H3/t11-,12-/m0/s1. The predicted octanol–water partition coefficient (Wildman–Crippen LogP) is 3.41. The summed E-state index contributed by atoms with van der Waals surface area (Å²) >= 11 is 0. The zero-order valence-corrected chi connectivity index (χ0v) is 11.3. The molecule has 2 heterocycles. The molecule has 2 aliphatic rings. The highest BCUT2D eigenvalue weighted by atomic mass is 19.4. The second-order valence-corrected chi connectivity index (χ2v) is 6.13. The zero-order valence-electron chi connectivity index (χ0n) is 11.3. The molecule has 1 aromatic rings. The first-order valence-electron chi connectivity index (χ1n) is 6.53. The number of alkyl halides is 3. The van der Waals surface area contributed by atoms with Crippen molar-refractivity contribution in [3.63, 3.8) is 0 Å². The molecule has 110 valence electrons. The van der Waals surface area contributed by atoms with Gasteiger partial charge >= 0.3 is 6.36 Å². The van der Waals surface area contributed by atoms with E-state index in [-0.39, 0.29) is 23.3 Å². The fraction of sp³-hybridized carbons (Fsp3) is 0.571. The van der Waals surface area contributed by atoms with E-state index in [1.807, 2.05) is 0 Å². The van der Waals surface area contributed by atoms with Crippen molar-refractivity contribution >= 4 is 0 Å². The molecule has 2 aliphatic heterocycles. The van der Waals surface area contributed by atoms with Crippen LogP contribution in [0.3, 0.4) is 0 Å². The fourth-order valence-corrected chi connectivity index (χ4v) is 2.91. The molecule has 0 radical (unpaired) electrons. The predicted molar refractivity (Wildman–Crippen MR) is 66.7 cm³/mol. The van der Waals surface area contributed by atoms with Crippen molar-refractivity contribution in [2.45, 2.75) is 38.8 Å². The van der Waals surface area contributed by atoms with Crippen LogP contribution >= 0.6 is 0 Å². The molecule has 3 rings (SSSR count). The maximum atomic E-state index is 12.2. The number of ether oxygens (including phenoxy) is 2. The summed E-state index contributed by atoms with van der Waals surface area (Å²) < 4.78 is 46.4. The van der Waals surface area contributed by atoms with Gasteiger partial charge in [-0.15, -0.1) is 13.2 Å². The highest BCUT2D eigenvalue weighted by Crippen LogP contribution is 2.45. The van der Waals surface area contributed by atoms with Crippen LogP contribution in [0.2, 0.25) is 0 Å². The molecule has 0 bridgehead atoms. The van der Waals surface area contributed by atoms with Gasteiger partial charge < -0.3 is 14.8 Å². The van der Waals surface area contributed by atoms with Gasteiger partial charge in [0.15, 0.2) is 0 Å². The van der Waals surface area contributed by atoms with Gasteiger partial charge in [-0.05, 0) is 24.0 Å². The van der Waals surface area contributed by atoms with E-state index in [1.165, 1.54) is 12.1 Å². The van der Waals surface area contributed by atoms with Crippen LogP contribution in [-0.2, 0) is 0 Å². The van der Waals surface area contributed by atoms with Crippen molar-refractivity contribution in [2.24, 2.45) is 5.41 Å². The van der Waals surface area contributed by atoms with Crippen molar-refractivity contribution in [3.8, 4) is 11.5 Å². The van der Waals surface area contributed by atoms with Crippen LogP contribution < -0.4 is 14.8 Å². The van der Waals surface area contributed by atoms with Crippen LogP contribution in [0.15, 0.2) is 18.2 Å². The maximum absolute atomic E-state index is 12.2. The molecule has 0 unspecified atom stereocenters. The lowest BCUT2D eigenvalue weighted by molar-refractivity contribution is -0.274. The van der Waals surface area contributed by atoms with E-state index in [0.29, 0.717) is 5.75 Å². The number of fused-ring (bicyclic) bond motifs is 3. The third-order valence-corrected chi connectivity index (χ3v) is 3.76. The van der Waals surface area contributed by atoms with E-state index >= 15 is 0 Å². The average molecular weight is 287 g/mol. The molecule has 20 heavy (non-hydrogen) atoms. The molecule has 3 nitrogen and oxygen atoms in total. The number of benzene rings is 1. The van der Waals surface area contributed by atoms with E-state index in [4.69, 9.17) is 4.74 Å². The van der Waals surface area contributed by atoms with Gasteiger partial charge in [-0.1, -0.05) is 13.8 Å². The lowest BCUT2D eigenvalue weighted by Gasteiger charge is -2.37. The van der Waals surface area contributed by atoms with Gasteiger partial charge in [0.25, 0.3) is 0 Å². The quantitative estimate of drug-likeness (QED) is 0.858. The Hall–Kier alpha value is -1.43. The number of hydrogen-bond donors (Lipinski definition) is 1. The number of piperidine rings is 1. The minimum Gasteiger partial charge on any atom is -0.488 e. The van der Waals surface area contributed by atoms with Crippen LogP contribution in [-0.4, -0.2) is 19.0 Å². The first-order chi connectivity index (χ1) is 9.23. The zero-order chi connectivity index (χ0) is 14.5. The van der Waals surface area contributed by atoms with E-state index in [1.54, 1.807) is 6.07 Å². The Morgan fingerprint density at radius 2 is 2.10 bits per heavy atom. The van der Waals surface area contributed by atoms with E-state index in [2.05, 4.69) is 23.9 Å². The van der Waals surface area contributed by atoms with Gasteiger partial charge in [0.1, 0.15) is 17.6 Å². The first kappa shape index (κ1) is 13.5. The van der Waals surface area contributed by atoms with Crippen LogP contribution in [0.1, 0.15) is 31.9 Å². The second-order valence-electron chi connectivity index (χ2n) is 6.13. The Bertz CT molecular complexity index is 528. The van der Waals surface area contributed by atoms with Gasteiger partial charge in [-0.25, -0.2) is 0 Å². The van der Waals surface area contributed by atoms with Gasteiger partial charge in [0, 0.05) is 18.2 Å². The topological polar surface area (TPSA) is 30.5 Å². The lowest BCUT2D eigenvalue weighted by atomic mass is 9.80. The second kappa shape index (κ2) is 4.28. The third-order valence-electron chi connectivity index (χ3n) is 3.76. The normalized spacial score (nSPS) is 27.4. The SMILES string of the molecule is CC1(C)CN[C@H]2c3ccc(OC(F)(F)F)cc3O[C@H]2C1. The van der Waals surface area contributed by atoms with E-state index < -0.39 is 6.36 Å². The molecule has 0 amide bonds. The summed E-state index contributed by atoms with van der Waals surface area (Å²) in [6.07, 6.45) is -3.84. The molecular formula is C14H16F3NO2. The van der Waals surface area contributed by atoms with Crippen molar-refractivity contribution < 1.29 is 22.6 Å². The van der Waals surface area contributed by atoms with Crippen LogP contribution in [0, 0.1) is 5.41 Å². The number of rotatable bonds is 1. The summed E-state index contributed by atoms with van der Waals surface area (Å²) in [5.41, 5.74) is 1.02. The number of hydrogen-bond acceptors (Lipinski definition) is 3. The van der Waals surface area contributed by atoms with Gasteiger partial charge in [0.2, 0.25) is 0 Å². The summed E-state index contributed by atoms with van der Waals surface area (Å²) in [7, 11) is 0. The minimum atomic E-state index is -4.68. The lowest BCUT2D eigenvalue weighted by Crippen LogP contribution is -2.46. The Kier molecular flexibility index (Phi) is 2.90. The summed E-state index contributed by atoms with van der Waals surface area (Å²) in [6, 6.07) is 4.35. The Balaban J connectivity index is 1.83. The molecular weight excluding hydrogens is 271 g/mol. The van der Waals surface area contributed by atoms with Crippen LogP contribution in [0.4, 0.5) is 13.2 Å². The van der Waals surface area contributed by atoms with Crippen molar-refractivity contribution in [2.75, 3.05) is 6.54 Å². The van der Waals surface area contributed by atoms with Crippen LogP contribution in [0.25, 0.3) is 0 Å². The molecule has 6 heteroatoms. The van der Waals surface area contributed by atoms with Crippen molar-refractivity contribution in [3.05, 3.63) is 23.8 Å². The van der Waals surface area contributed by atoms with Crippen molar-refractivity contribution in [1.82, 2.24) is 5.32 Å². The molecule has 1 fully saturated rings. The Labute approximate surface area is 115 Å². The Morgan fingerprint density at radius 1 is 1.35 bits per heavy atom. The summed E-state index contributed by atoms with van der Waals surface area (Å²) in [6.45, 7) is 5.14. The molecule has 0 aromatic heterocycles. The van der Waals surface area contributed by atoms with Gasteiger partial charge in [0.05, 0.1) is 6.04 Å². The van der Waals surface area contributed by atoms with Gasteiger partial charge in [-0.3, -0.25) is 0 Å². The molecule has 0 aliphatic carbocycles. The molecule has 1 aromatic carbocycles. The minimum absolute atomic E-state index is 0.0325. The molecule has 1 N–H and O–H groups in total. The summed E-state index contributed by atoms with van der Waals surface area (Å²) in [4.78, 5) is 0. The van der Waals surface area contributed by atoms with E-state index in [0.717, 1.165) is 18.5 Å². The monoisotopic (exact) mass is 287 g/mol. The molecule has 2 atom stereocenters. The Morgan fingerprint density at radius 3 is 2.80 bits per heavy atom. The maximum Gasteiger partial charge on any atom is 0.573 e. The van der Waals surface area contributed by atoms with Crippen molar-refractivity contribution in [1.29, 1.82) is 0 Å². The molecule has 0 spiro atoms. The number of nitrogens with one attached hydrogen (secondary N) is 1. The number of halogens is 3. The molecule has 0 saturated carbocycles.